The van der Waals surface area contributed by atoms with E-state index in [1.54, 1.807) is 0 Å². The van der Waals surface area contributed by atoms with Gasteiger partial charge in [-0.3, -0.25) is 9.69 Å². The third-order valence-corrected chi connectivity index (χ3v) is 6.14. The molecule has 0 N–H and O–H groups in total. The standard InChI is InChI=1S/C16H25NO3/c18-15(20-6-3-17-1-4-19-5-2-17)16-10-12-7-13(11-16)9-14(16)8-12/h12-14H,1-11H2. The molecule has 112 valence electrons. The molecule has 5 rings (SSSR count). The monoisotopic (exact) mass is 279 g/mol. The highest BCUT2D eigenvalue weighted by Gasteiger charge is 2.62. The molecular weight excluding hydrogens is 254 g/mol. The second-order valence-electron chi connectivity index (χ2n) is 7.29. The Morgan fingerprint density at radius 3 is 2.55 bits per heavy atom. The molecule has 0 aromatic carbocycles. The van der Waals surface area contributed by atoms with Crippen LogP contribution in [0, 0.1) is 23.2 Å². The van der Waals surface area contributed by atoms with Gasteiger partial charge in [-0.25, -0.2) is 0 Å². The molecule has 0 radical (unpaired) electrons. The molecule has 4 nitrogen and oxygen atoms in total. The van der Waals surface area contributed by atoms with E-state index in [2.05, 4.69) is 4.90 Å². The maximum Gasteiger partial charge on any atom is 0.312 e. The molecule has 0 aromatic rings. The summed E-state index contributed by atoms with van der Waals surface area (Å²) in [4.78, 5) is 14.9. The Morgan fingerprint density at radius 1 is 1.15 bits per heavy atom. The summed E-state index contributed by atoms with van der Waals surface area (Å²) in [6.07, 6.45) is 6.18. The molecule has 4 heteroatoms. The number of carbonyl (C=O) groups excluding carboxylic acids is 1. The number of ether oxygens (including phenoxy) is 2. The van der Waals surface area contributed by atoms with E-state index in [9.17, 15) is 4.79 Å². The summed E-state index contributed by atoms with van der Waals surface area (Å²) in [6, 6.07) is 0. The highest BCUT2D eigenvalue weighted by Crippen LogP contribution is 2.65. The van der Waals surface area contributed by atoms with Crippen LogP contribution in [0.2, 0.25) is 0 Å². The first-order valence-electron chi connectivity index (χ1n) is 8.23. The van der Waals surface area contributed by atoms with E-state index in [1.807, 2.05) is 0 Å². The summed E-state index contributed by atoms with van der Waals surface area (Å²) in [7, 11) is 0. The van der Waals surface area contributed by atoms with Crippen molar-refractivity contribution in [2.24, 2.45) is 23.2 Å². The number of esters is 1. The zero-order chi connectivity index (χ0) is 13.6. The van der Waals surface area contributed by atoms with Crippen LogP contribution < -0.4 is 0 Å². The minimum absolute atomic E-state index is 0.0708. The van der Waals surface area contributed by atoms with Crippen molar-refractivity contribution in [2.45, 2.75) is 32.1 Å². The van der Waals surface area contributed by atoms with Crippen LogP contribution in [0.25, 0.3) is 0 Å². The lowest BCUT2D eigenvalue weighted by Crippen LogP contribution is -2.40. The van der Waals surface area contributed by atoms with Gasteiger partial charge in [-0.1, -0.05) is 0 Å². The average molecular weight is 279 g/mol. The molecule has 5 aliphatic rings. The van der Waals surface area contributed by atoms with E-state index >= 15 is 0 Å². The Morgan fingerprint density at radius 2 is 1.85 bits per heavy atom. The van der Waals surface area contributed by atoms with Crippen LogP contribution in [-0.4, -0.2) is 50.3 Å². The molecular formula is C16H25NO3. The van der Waals surface area contributed by atoms with E-state index < -0.39 is 0 Å². The van der Waals surface area contributed by atoms with Gasteiger partial charge in [0.1, 0.15) is 6.61 Å². The quantitative estimate of drug-likeness (QED) is 0.734. The zero-order valence-electron chi connectivity index (χ0n) is 12.2. The third kappa shape index (κ3) is 2.08. The minimum Gasteiger partial charge on any atom is -0.464 e. The number of hydrogen-bond acceptors (Lipinski definition) is 4. The summed E-state index contributed by atoms with van der Waals surface area (Å²) in [5, 5.41) is 0. The Bertz CT molecular complexity index is 377. The van der Waals surface area contributed by atoms with E-state index in [0.717, 1.165) is 57.5 Å². The van der Waals surface area contributed by atoms with Gasteiger partial charge < -0.3 is 9.47 Å². The first-order chi connectivity index (χ1) is 9.76. The van der Waals surface area contributed by atoms with E-state index in [0.29, 0.717) is 12.5 Å². The molecule has 0 amide bonds. The average Bonchev–Trinajstić information content (AvgIpc) is 2.86. The van der Waals surface area contributed by atoms with Crippen LogP contribution in [-0.2, 0) is 14.3 Å². The Balaban J connectivity index is 1.30. The maximum atomic E-state index is 12.6. The van der Waals surface area contributed by atoms with Crippen LogP contribution in [0.15, 0.2) is 0 Å². The van der Waals surface area contributed by atoms with Crippen LogP contribution in [0.4, 0.5) is 0 Å². The van der Waals surface area contributed by atoms with Crippen molar-refractivity contribution < 1.29 is 14.3 Å². The van der Waals surface area contributed by atoms with Gasteiger partial charge in [0.05, 0.1) is 18.6 Å². The van der Waals surface area contributed by atoms with Crippen LogP contribution in [0.5, 0.6) is 0 Å². The van der Waals surface area contributed by atoms with Gasteiger partial charge >= 0.3 is 5.97 Å². The van der Waals surface area contributed by atoms with Gasteiger partial charge in [0.15, 0.2) is 0 Å². The molecule has 4 bridgehead atoms. The normalized spacial score (nSPS) is 43.1. The first kappa shape index (κ1) is 13.1. The molecule has 1 saturated heterocycles. The molecule has 0 spiro atoms. The summed E-state index contributed by atoms with van der Waals surface area (Å²) < 4.78 is 11.0. The highest BCUT2D eigenvalue weighted by molar-refractivity contribution is 5.78. The summed E-state index contributed by atoms with van der Waals surface area (Å²) >= 11 is 0. The zero-order valence-corrected chi connectivity index (χ0v) is 12.2. The lowest BCUT2D eigenvalue weighted by molar-refractivity contribution is -0.158. The van der Waals surface area contributed by atoms with E-state index in [1.165, 1.54) is 19.3 Å². The fraction of sp³-hybridized carbons (Fsp3) is 0.938. The van der Waals surface area contributed by atoms with Crippen molar-refractivity contribution in [3.05, 3.63) is 0 Å². The third-order valence-electron chi connectivity index (χ3n) is 6.14. The molecule has 1 heterocycles. The van der Waals surface area contributed by atoms with Gasteiger partial charge in [-0.2, -0.15) is 0 Å². The molecule has 0 aromatic heterocycles. The lowest BCUT2D eigenvalue weighted by Gasteiger charge is -2.31. The van der Waals surface area contributed by atoms with Crippen LogP contribution >= 0.6 is 0 Å². The summed E-state index contributed by atoms with van der Waals surface area (Å²) in [6.45, 7) is 4.98. The number of hydrogen-bond donors (Lipinski definition) is 0. The molecule has 5 fully saturated rings. The number of nitrogens with zero attached hydrogens (tertiary/aromatic N) is 1. The highest BCUT2D eigenvalue weighted by atomic mass is 16.5. The SMILES string of the molecule is O=C(OCCN1CCOCC1)C12CC3CC(CC1C3)C2. The Labute approximate surface area is 120 Å². The number of carbonyl (C=O) groups is 1. The van der Waals surface area contributed by atoms with Gasteiger partial charge in [-0.15, -0.1) is 0 Å². The predicted octanol–water partition coefficient (Wildman–Crippen LogP) is 1.69. The maximum absolute atomic E-state index is 12.6. The van der Waals surface area contributed by atoms with Gasteiger partial charge in [0.25, 0.3) is 0 Å². The fourth-order valence-corrected chi connectivity index (χ4v) is 5.37. The lowest BCUT2D eigenvalue weighted by atomic mass is 9.75. The van der Waals surface area contributed by atoms with Crippen molar-refractivity contribution in [3.63, 3.8) is 0 Å². The molecule has 4 saturated carbocycles. The van der Waals surface area contributed by atoms with Crippen molar-refractivity contribution in [1.82, 2.24) is 4.90 Å². The van der Waals surface area contributed by atoms with Gasteiger partial charge in [-0.05, 0) is 49.9 Å². The molecule has 2 atom stereocenters. The summed E-state index contributed by atoms with van der Waals surface area (Å²) in [5.41, 5.74) is -0.0708. The second-order valence-corrected chi connectivity index (χ2v) is 7.29. The van der Waals surface area contributed by atoms with Crippen LogP contribution in [0.1, 0.15) is 32.1 Å². The van der Waals surface area contributed by atoms with Gasteiger partial charge in [0.2, 0.25) is 0 Å². The largest absolute Gasteiger partial charge is 0.464 e. The number of morpholine rings is 1. The Kier molecular flexibility index (Phi) is 3.26. The van der Waals surface area contributed by atoms with Gasteiger partial charge in [0, 0.05) is 19.6 Å². The van der Waals surface area contributed by atoms with Crippen molar-refractivity contribution in [1.29, 1.82) is 0 Å². The molecule has 4 aliphatic carbocycles. The first-order valence-corrected chi connectivity index (χ1v) is 8.23. The molecule has 20 heavy (non-hydrogen) atoms. The van der Waals surface area contributed by atoms with Crippen molar-refractivity contribution in [2.75, 3.05) is 39.5 Å². The Hall–Kier alpha value is -0.610. The van der Waals surface area contributed by atoms with E-state index in [4.69, 9.17) is 9.47 Å². The fourth-order valence-electron chi connectivity index (χ4n) is 5.37. The van der Waals surface area contributed by atoms with Crippen molar-refractivity contribution in [3.8, 4) is 0 Å². The summed E-state index contributed by atoms with van der Waals surface area (Å²) in [5.74, 6) is 2.40. The predicted molar refractivity (Wildman–Crippen MR) is 74.2 cm³/mol. The number of rotatable bonds is 4. The van der Waals surface area contributed by atoms with Crippen LogP contribution in [0.3, 0.4) is 0 Å². The minimum atomic E-state index is -0.0708. The molecule has 1 aliphatic heterocycles. The van der Waals surface area contributed by atoms with Crippen molar-refractivity contribution >= 4 is 5.97 Å². The topological polar surface area (TPSA) is 38.8 Å². The van der Waals surface area contributed by atoms with E-state index in [-0.39, 0.29) is 11.4 Å². The second kappa shape index (κ2) is 4.99. The molecule has 2 unspecified atom stereocenters. The smallest absolute Gasteiger partial charge is 0.312 e.